The van der Waals surface area contributed by atoms with Crippen LogP contribution in [0.4, 0.5) is 0 Å². The molecule has 29 heavy (non-hydrogen) atoms. The fourth-order valence-electron chi connectivity index (χ4n) is 4.10. The Hall–Kier alpha value is -3.63. The lowest BCUT2D eigenvalue weighted by molar-refractivity contribution is 0.0996. The first kappa shape index (κ1) is 17.5. The average Bonchev–Trinajstić information content (AvgIpc) is 3.40. The van der Waals surface area contributed by atoms with E-state index in [2.05, 4.69) is 28.5 Å². The number of likely N-dealkylation sites (tertiary alicyclic amines) is 1. The van der Waals surface area contributed by atoms with Crippen molar-refractivity contribution in [3.05, 3.63) is 66.1 Å². The molecule has 3 N–H and O–H groups in total. The number of hydrogen-bond acceptors (Lipinski definition) is 5. The van der Waals surface area contributed by atoms with Gasteiger partial charge in [-0.2, -0.15) is 5.10 Å². The van der Waals surface area contributed by atoms with Gasteiger partial charge in [0.25, 0.3) is 5.91 Å². The Morgan fingerprint density at radius 3 is 2.93 bits per heavy atom. The van der Waals surface area contributed by atoms with Crippen LogP contribution in [0, 0.1) is 17.8 Å². The van der Waals surface area contributed by atoms with E-state index in [0.717, 1.165) is 12.0 Å². The number of nitrogens with two attached hydrogens (primary N) is 1. The second-order valence-electron chi connectivity index (χ2n) is 7.53. The Kier molecular flexibility index (Phi) is 3.57. The van der Waals surface area contributed by atoms with E-state index in [4.69, 9.17) is 5.73 Å². The summed E-state index contributed by atoms with van der Waals surface area (Å²) < 4.78 is 1.58. The van der Waals surface area contributed by atoms with Crippen molar-refractivity contribution in [2.45, 2.75) is 18.1 Å². The summed E-state index contributed by atoms with van der Waals surface area (Å²) in [6.07, 6.45) is 2.57. The van der Waals surface area contributed by atoms with E-state index >= 15 is 0 Å². The minimum absolute atomic E-state index is 0.119. The summed E-state index contributed by atoms with van der Waals surface area (Å²) in [6, 6.07) is 11.2. The van der Waals surface area contributed by atoms with Crippen LogP contribution in [-0.4, -0.2) is 49.4 Å². The molecule has 0 bridgehead atoms. The molecule has 2 aliphatic rings. The molecule has 1 aliphatic heterocycles. The molecule has 0 radical (unpaired) electrons. The van der Waals surface area contributed by atoms with E-state index in [1.165, 1.54) is 0 Å². The highest BCUT2D eigenvalue weighted by Crippen LogP contribution is 2.54. The van der Waals surface area contributed by atoms with Crippen molar-refractivity contribution in [2.24, 2.45) is 11.7 Å². The molecule has 1 saturated carbocycles. The maximum absolute atomic E-state index is 11.8. The zero-order chi connectivity index (χ0) is 20.3. The van der Waals surface area contributed by atoms with Gasteiger partial charge >= 0.3 is 0 Å². The monoisotopic (exact) mass is 385 g/mol. The molecule has 0 unspecified atom stereocenters. The molecule has 7 nitrogen and oxygen atoms in total. The van der Waals surface area contributed by atoms with Crippen molar-refractivity contribution >= 4 is 16.9 Å². The van der Waals surface area contributed by atoms with Gasteiger partial charge in [0.05, 0.1) is 16.8 Å². The number of aliphatic hydroxyl groups is 1. The number of pyridine rings is 1. The fraction of sp³-hybridized carbons (Fsp3) is 0.227. The molecule has 1 saturated heterocycles. The van der Waals surface area contributed by atoms with Gasteiger partial charge in [0.1, 0.15) is 0 Å². The smallest absolute Gasteiger partial charge is 0.269 e. The van der Waals surface area contributed by atoms with Crippen LogP contribution in [-0.2, 0) is 0 Å². The van der Waals surface area contributed by atoms with Crippen LogP contribution in [0.2, 0.25) is 0 Å². The number of nitrogens with zero attached hydrogens (tertiary/aromatic N) is 4. The molecule has 144 valence electrons. The summed E-state index contributed by atoms with van der Waals surface area (Å²) >= 11 is 0. The van der Waals surface area contributed by atoms with E-state index in [-0.39, 0.29) is 11.6 Å². The third-order valence-corrected chi connectivity index (χ3v) is 5.82. The van der Waals surface area contributed by atoms with Crippen LogP contribution in [0.1, 0.15) is 22.5 Å². The minimum Gasteiger partial charge on any atom is -0.372 e. The molecule has 1 amide bonds. The molecular formula is C22H19N5O2. The highest BCUT2D eigenvalue weighted by atomic mass is 16.3. The molecule has 2 aromatic heterocycles. The van der Waals surface area contributed by atoms with Crippen LogP contribution in [0.25, 0.3) is 16.7 Å². The summed E-state index contributed by atoms with van der Waals surface area (Å²) in [7, 11) is 1.94. The second-order valence-corrected chi connectivity index (χ2v) is 7.53. The Bertz CT molecular complexity index is 1250. The molecule has 1 aromatic carbocycles. The average molecular weight is 385 g/mol. The lowest BCUT2D eigenvalue weighted by Crippen LogP contribution is -2.32. The van der Waals surface area contributed by atoms with E-state index < -0.39 is 11.5 Å². The number of likely N-dealkylation sites (N-methyl/N-ethyl adjacent to an activating group) is 1. The molecule has 3 heterocycles. The quantitative estimate of drug-likeness (QED) is 0.651. The summed E-state index contributed by atoms with van der Waals surface area (Å²) in [5.74, 6) is 5.62. The lowest BCUT2D eigenvalue weighted by Gasteiger charge is -2.24. The van der Waals surface area contributed by atoms with Crippen molar-refractivity contribution in [2.75, 3.05) is 7.05 Å². The number of piperidine rings is 1. The predicted molar refractivity (Wildman–Crippen MR) is 108 cm³/mol. The van der Waals surface area contributed by atoms with Gasteiger partial charge in [0, 0.05) is 30.8 Å². The lowest BCUT2D eigenvalue weighted by atomic mass is 9.96. The number of carbonyl (C=O) groups excluding carboxylic acids is 1. The van der Waals surface area contributed by atoms with Gasteiger partial charge in [-0.3, -0.25) is 4.79 Å². The van der Waals surface area contributed by atoms with E-state index in [1.54, 1.807) is 23.0 Å². The number of primary amides is 1. The number of fused-ring (bicyclic) bond motifs is 2. The number of benzene rings is 1. The fourth-order valence-corrected chi connectivity index (χ4v) is 4.10. The summed E-state index contributed by atoms with van der Waals surface area (Å²) in [5, 5.41) is 15.9. The molecule has 5 rings (SSSR count). The standard InChI is InChI=1S/C22H19N5O2/c1-13-22(29,17-12-18(17)26(13)2)9-8-14-5-3-6-15(11-14)27-21-16(7-4-10-24-21)19(25-27)20(23)28/h3-7,10-11,17-18,29H,1,12H2,2H3,(H2,23,28)/t17-,18+,22-/m1/s1. The van der Waals surface area contributed by atoms with E-state index in [1.807, 2.05) is 36.2 Å². The SMILES string of the molecule is C=C1N(C)[C@H]2C[C@H]2[C@@]1(O)C#Cc1cccc(-n2nc(C(N)=O)c3cccnc32)c1. The molecule has 3 aromatic rings. The Morgan fingerprint density at radius 2 is 2.21 bits per heavy atom. The normalized spacial score (nSPS) is 24.9. The van der Waals surface area contributed by atoms with Gasteiger partial charge in [-0.1, -0.05) is 24.5 Å². The van der Waals surface area contributed by atoms with Crippen LogP contribution in [0.3, 0.4) is 0 Å². The van der Waals surface area contributed by atoms with Crippen LogP contribution in [0.15, 0.2) is 54.9 Å². The van der Waals surface area contributed by atoms with Crippen molar-refractivity contribution in [1.82, 2.24) is 19.7 Å². The third-order valence-electron chi connectivity index (χ3n) is 5.82. The van der Waals surface area contributed by atoms with Crippen LogP contribution < -0.4 is 5.73 Å². The maximum Gasteiger partial charge on any atom is 0.269 e. The van der Waals surface area contributed by atoms with Crippen molar-refractivity contribution in [3.63, 3.8) is 0 Å². The van der Waals surface area contributed by atoms with E-state index in [9.17, 15) is 9.90 Å². The number of rotatable bonds is 2. The first-order valence-electron chi connectivity index (χ1n) is 9.32. The van der Waals surface area contributed by atoms with E-state index in [0.29, 0.717) is 28.5 Å². The topological polar surface area (TPSA) is 97.3 Å². The predicted octanol–water partition coefficient (Wildman–Crippen LogP) is 1.45. The number of hydrogen-bond donors (Lipinski definition) is 2. The molecular weight excluding hydrogens is 366 g/mol. The third kappa shape index (κ3) is 2.53. The zero-order valence-electron chi connectivity index (χ0n) is 15.8. The Morgan fingerprint density at radius 1 is 1.38 bits per heavy atom. The number of aromatic nitrogens is 3. The van der Waals surface area contributed by atoms with Gasteiger partial charge < -0.3 is 15.7 Å². The Labute approximate surface area is 167 Å². The zero-order valence-corrected chi connectivity index (χ0v) is 15.8. The molecule has 1 aliphatic carbocycles. The summed E-state index contributed by atoms with van der Waals surface area (Å²) in [4.78, 5) is 18.1. The molecule has 0 spiro atoms. The van der Waals surface area contributed by atoms with Crippen molar-refractivity contribution < 1.29 is 9.90 Å². The van der Waals surface area contributed by atoms with Crippen LogP contribution in [0.5, 0.6) is 0 Å². The van der Waals surface area contributed by atoms with Crippen molar-refractivity contribution in [3.8, 4) is 17.5 Å². The maximum atomic E-state index is 11.8. The summed E-state index contributed by atoms with van der Waals surface area (Å²) in [5.41, 5.74) is 7.06. The van der Waals surface area contributed by atoms with Crippen LogP contribution >= 0.6 is 0 Å². The van der Waals surface area contributed by atoms with Crippen molar-refractivity contribution in [1.29, 1.82) is 0 Å². The first-order chi connectivity index (χ1) is 13.9. The second kappa shape index (κ2) is 5.93. The van der Waals surface area contributed by atoms with Gasteiger partial charge in [0.15, 0.2) is 16.9 Å². The Balaban J connectivity index is 1.55. The highest BCUT2D eigenvalue weighted by Gasteiger charge is 2.62. The largest absolute Gasteiger partial charge is 0.372 e. The van der Waals surface area contributed by atoms with Gasteiger partial charge in [-0.25, -0.2) is 9.67 Å². The van der Waals surface area contributed by atoms with Gasteiger partial charge in [0.2, 0.25) is 0 Å². The van der Waals surface area contributed by atoms with Gasteiger partial charge in [-0.05, 0) is 36.8 Å². The first-order valence-corrected chi connectivity index (χ1v) is 9.32. The van der Waals surface area contributed by atoms with Gasteiger partial charge in [-0.15, -0.1) is 0 Å². The number of amides is 1. The molecule has 2 fully saturated rings. The molecule has 7 heteroatoms. The molecule has 3 atom stereocenters. The number of carbonyl (C=O) groups is 1. The minimum atomic E-state index is -1.19. The summed E-state index contributed by atoms with van der Waals surface area (Å²) in [6.45, 7) is 4.01. The highest BCUT2D eigenvalue weighted by molar-refractivity contribution is 6.03.